The molecule has 1 rings (SSSR count). The zero-order chi connectivity index (χ0) is 11.4. The van der Waals surface area contributed by atoms with Crippen molar-refractivity contribution in [3.8, 4) is 17.2 Å². The summed E-state index contributed by atoms with van der Waals surface area (Å²) in [6.07, 6.45) is 0. The lowest BCUT2D eigenvalue weighted by Crippen LogP contribution is -1.96. The van der Waals surface area contributed by atoms with Gasteiger partial charge in [0.1, 0.15) is 0 Å². The van der Waals surface area contributed by atoms with E-state index in [1.807, 2.05) is 35.1 Å². The quantitative estimate of drug-likeness (QED) is 0.794. The van der Waals surface area contributed by atoms with Gasteiger partial charge in [0, 0.05) is 0 Å². The lowest BCUT2D eigenvalue weighted by atomic mass is 10.0. The predicted molar refractivity (Wildman–Crippen MR) is 68.3 cm³/mol. The third-order valence-corrected chi connectivity index (χ3v) is 2.67. The lowest BCUT2D eigenvalue weighted by Gasteiger charge is -2.14. The van der Waals surface area contributed by atoms with Crippen molar-refractivity contribution in [3.05, 3.63) is 17.7 Å². The summed E-state index contributed by atoms with van der Waals surface area (Å²) in [5.74, 6) is 2.46. The Morgan fingerprint density at radius 1 is 1.07 bits per heavy atom. The van der Waals surface area contributed by atoms with E-state index in [-0.39, 0.29) is 0 Å². The van der Waals surface area contributed by atoms with Gasteiger partial charge >= 0.3 is 0 Å². The molecule has 15 heavy (non-hydrogen) atoms. The minimum absolute atomic E-state index is 0.427. The number of methoxy groups -OCH3 is 2. The van der Waals surface area contributed by atoms with Crippen LogP contribution in [0.3, 0.4) is 0 Å². The number of ether oxygens (including phenoxy) is 2. The molecule has 0 radical (unpaired) electrons. The highest BCUT2D eigenvalue weighted by atomic mass is 127. The fourth-order valence-corrected chi connectivity index (χ4v) is 1.74. The summed E-state index contributed by atoms with van der Waals surface area (Å²) < 4.78 is 15.7. The monoisotopic (exact) mass is 322 g/mol. The number of halogens is 1. The average molecular weight is 322 g/mol. The van der Waals surface area contributed by atoms with E-state index in [9.17, 15) is 0 Å². The van der Waals surface area contributed by atoms with Gasteiger partial charge in [-0.15, -0.1) is 0 Å². The van der Waals surface area contributed by atoms with Crippen molar-refractivity contribution in [1.82, 2.24) is 0 Å². The molecule has 0 aliphatic carbocycles. The third-order valence-electron chi connectivity index (χ3n) is 2.23. The second-order valence-electron chi connectivity index (χ2n) is 3.49. The maximum absolute atomic E-state index is 5.26. The van der Waals surface area contributed by atoms with E-state index in [2.05, 4.69) is 13.8 Å². The topological polar surface area (TPSA) is 27.7 Å². The van der Waals surface area contributed by atoms with Crippen molar-refractivity contribution in [3.63, 3.8) is 0 Å². The van der Waals surface area contributed by atoms with Gasteiger partial charge in [0.25, 0.3) is 0 Å². The first-order chi connectivity index (χ1) is 7.13. The van der Waals surface area contributed by atoms with E-state index in [0.29, 0.717) is 23.2 Å². The second kappa shape index (κ2) is 5.44. The molecular formula is C11H15IO3. The Kier molecular flexibility index (Phi) is 4.50. The second-order valence-corrected chi connectivity index (χ2v) is 3.93. The van der Waals surface area contributed by atoms with Gasteiger partial charge in [-0.3, -0.25) is 0 Å². The molecule has 0 amide bonds. The van der Waals surface area contributed by atoms with Crippen LogP contribution in [0, 0.1) is 0 Å². The van der Waals surface area contributed by atoms with Gasteiger partial charge in [-0.05, 0) is 23.6 Å². The number of benzene rings is 1. The van der Waals surface area contributed by atoms with E-state index in [1.54, 1.807) is 14.2 Å². The fraction of sp³-hybridized carbons (Fsp3) is 0.455. The van der Waals surface area contributed by atoms with E-state index in [4.69, 9.17) is 12.5 Å². The zero-order valence-corrected chi connectivity index (χ0v) is 11.5. The molecule has 4 heteroatoms. The molecule has 0 N–H and O–H groups in total. The van der Waals surface area contributed by atoms with E-state index in [1.165, 1.54) is 5.56 Å². The third kappa shape index (κ3) is 2.68. The standard InChI is InChI=1S/C11H15IO3/c1-7(2)8-5-9(13-3)11(15-12)10(6-8)14-4/h5-7H,1-4H3. The summed E-state index contributed by atoms with van der Waals surface area (Å²) >= 11 is 1.82. The molecule has 0 bridgehead atoms. The van der Waals surface area contributed by atoms with Crippen molar-refractivity contribution in [2.75, 3.05) is 14.2 Å². The molecule has 1 aromatic carbocycles. The van der Waals surface area contributed by atoms with Gasteiger partial charge in [-0.1, -0.05) is 13.8 Å². The molecule has 1 aromatic rings. The van der Waals surface area contributed by atoms with Crippen LogP contribution in [0.25, 0.3) is 0 Å². The minimum atomic E-state index is 0.427. The summed E-state index contributed by atoms with van der Waals surface area (Å²) in [6.45, 7) is 4.25. The Bertz CT molecular complexity index is 312. The molecule has 0 fully saturated rings. The van der Waals surface area contributed by atoms with Gasteiger partial charge in [0.05, 0.1) is 14.2 Å². The zero-order valence-electron chi connectivity index (χ0n) is 9.33. The highest BCUT2D eigenvalue weighted by Crippen LogP contribution is 2.41. The van der Waals surface area contributed by atoms with Crippen molar-refractivity contribution in [2.45, 2.75) is 19.8 Å². The minimum Gasteiger partial charge on any atom is -0.493 e. The number of hydrogen-bond acceptors (Lipinski definition) is 3. The summed E-state index contributed by atoms with van der Waals surface area (Å²) in [6, 6.07) is 3.95. The van der Waals surface area contributed by atoms with Crippen LogP contribution in [0.4, 0.5) is 0 Å². The molecule has 0 aliphatic rings. The number of rotatable bonds is 4. The van der Waals surface area contributed by atoms with Crippen LogP contribution in [0.1, 0.15) is 25.3 Å². The van der Waals surface area contributed by atoms with Gasteiger partial charge in [0.2, 0.25) is 5.75 Å². The molecular weight excluding hydrogens is 307 g/mol. The van der Waals surface area contributed by atoms with E-state index < -0.39 is 0 Å². The molecule has 0 aromatic heterocycles. The maximum Gasteiger partial charge on any atom is 0.217 e. The Labute approximate surface area is 104 Å². The van der Waals surface area contributed by atoms with Gasteiger partial charge in [-0.25, -0.2) is 0 Å². The highest BCUT2D eigenvalue weighted by molar-refractivity contribution is 14.1. The van der Waals surface area contributed by atoms with Crippen LogP contribution in [-0.4, -0.2) is 14.2 Å². The molecule has 0 atom stereocenters. The molecule has 0 aliphatic heterocycles. The molecule has 84 valence electrons. The van der Waals surface area contributed by atoms with Gasteiger partial charge in [-0.2, -0.15) is 0 Å². The Morgan fingerprint density at radius 2 is 1.53 bits per heavy atom. The first kappa shape index (κ1) is 12.4. The van der Waals surface area contributed by atoms with E-state index in [0.717, 1.165) is 0 Å². The van der Waals surface area contributed by atoms with E-state index >= 15 is 0 Å². The maximum atomic E-state index is 5.26. The summed E-state index contributed by atoms with van der Waals surface area (Å²) in [5, 5.41) is 0. The largest absolute Gasteiger partial charge is 0.493 e. The lowest BCUT2D eigenvalue weighted by molar-refractivity contribution is 0.374. The smallest absolute Gasteiger partial charge is 0.217 e. The van der Waals surface area contributed by atoms with Crippen molar-refractivity contribution < 1.29 is 12.5 Å². The summed E-state index contributed by atoms with van der Waals surface area (Å²) in [7, 11) is 3.25. The first-order valence-electron chi connectivity index (χ1n) is 4.68. The first-order valence-corrected chi connectivity index (χ1v) is 5.56. The van der Waals surface area contributed by atoms with Gasteiger partial charge in [0.15, 0.2) is 34.5 Å². The van der Waals surface area contributed by atoms with Crippen LogP contribution in [0.15, 0.2) is 12.1 Å². The summed E-state index contributed by atoms with van der Waals surface area (Å²) in [4.78, 5) is 0. The van der Waals surface area contributed by atoms with Crippen LogP contribution in [0.2, 0.25) is 0 Å². The molecule has 0 heterocycles. The molecule has 0 saturated heterocycles. The Morgan fingerprint density at radius 3 is 1.80 bits per heavy atom. The normalized spacial score (nSPS) is 10.3. The van der Waals surface area contributed by atoms with Crippen molar-refractivity contribution >= 4 is 23.0 Å². The average Bonchev–Trinajstić information content (AvgIpc) is 2.26. The Balaban J connectivity index is 3.29. The van der Waals surface area contributed by atoms with Crippen LogP contribution < -0.4 is 12.5 Å². The number of hydrogen-bond donors (Lipinski definition) is 0. The molecule has 3 nitrogen and oxygen atoms in total. The van der Waals surface area contributed by atoms with Crippen molar-refractivity contribution in [2.24, 2.45) is 0 Å². The fourth-order valence-electron chi connectivity index (χ4n) is 1.31. The SMILES string of the molecule is COc1cc(C(C)C)cc(OC)c1OI. The molecule has 0 saturated carbocycles. The summed E-state index contributed by atoms with van der Waals surface area (Å²) in [5.41, 5.74) is 1.17. The highest BCUT2D eigenvalue weighted by Gasteiger charge is 2.14. The van der Waals surface area contributed by atoms with Crippen LogP contribution >= 0.6 is 23.0 Å². The molecule has 0 unspecified atom stereocenters. The van der Waals surface area contributed by atoms with Gasteiger partial charge < -0.3 is 12.5 Å². The van der Waals surface area contributed by atoms with Crippen LogP contribution in [0.5, 0.6) is 17.2 Å². The molecule has 0 spiro atoms. The van der Waals surface area contributed by atoms with Crippen molar-refractivity contribution in [1.29, 1.82) is 0 Å². The predicted octanol–water partition coefficient (Wildman–Crippen LogP) is 3.56. The Hall–Kier alpha value is -0.650. The van der Waals surface area contributed by atoms with Crippen LogP contribution in [-0.2, 0) is 0 Å².